The lowest BCUT2D eigenvalue weighted by Gasteiger charge is -2.21. The number of nitrogens with two attached hydrogens (primary N) is 1. The van der Waals surface area contributed by atoms with Gasteiger partial charge in [0.25, 0.3) is 0 Å². The Hall–Kier alpha value is -0.0800. The minimum absolute atomic E-state index is 0.0308. The smallest absolute Gasteiger partial charge is 0.0135 e. The molecular formula is C7H18N2. The van der Waals surface area contributed by atoms with Crippen molar-refractivity contribution < 1.29 is 0 Å². The zero-order valence-electron chi connectivity index (χ0n) is 6.70. The number of nitrogens with one attached hydrogen (secondary N) is 1. The Morgan fingerprint density at radius 3 is 2.44 bits per heavy atom. The van der Waals surface area contributed by atoms with Gasteiger partial charge < -0.3 is 11.1 Å². The van der Waals surface area contributed by atoms with Crippen LogP contribution in [0.3, 0.4) is 0 Å². The van der Waals surface area contributed by atoms with E-state index in [1.807, 2.05) is 7.05 Å². The van der Waals surface area contributed by atoms with E-state index >= 15 is 0 Å². The molecule has 0 heterocycles. The van der Waals surface area contributed by atoms with Gasteiger partial charge in [0.15, 0.2) is 0 Å². The van der Waals surface area contributed by atoms with E-state index in [0.717, 1.165) is 19.4 Å². The normalized spacial score (nSPS) is 17.3. The number of rotatable bonds is 4. The first-order valence-corrected chi connectivity index (χ1v) is 3.56. The lowest BCUT2D eigenvalue weighted by atomic mass is 9.96. The fourth-order valence-electron chi connectivity index (χ4n) is 0.587. The molecule has 0 amide bonds. The molecule has 0 spiro atoms. The SMILES string of the molecule is CCC(C)(N)CCNC. The Morgan fingerprint density at radius 2 is 2.11 bits per heavy atom. The predicted molar refractivity (Wildman–Crippen MR) is 41.4 cm³/mol. The zero-order chi connectivity index (χ0) is 7.33. The quantitative estimate of drug-likeness (QED) is 0.588. The summed E-state index contributed by atoms with van der Waals surface area (Å²) in [5.74, 6) is 0. The van der Waals surface area contributed by atoms with Gasteiger partial charge in [-0.1, -0.05) is 6.92 Å². The van der Waals surface area contributed by atoms with Crippen LogP contribution in [0, 0.1) is 0 Å². The van der Waals surface area contributed by atoms with Gasteiger partial charge in [-0.2, -0.15) is 0 Å². The van der Waals surface area contributed by atoms with Crippen molar-refractivity contribution in [3.05, 3.63) is 0 Å². The first-order valence-electron chi connectivity index (χ1n) is 3.56. The van der Waals surface area contributed by atoms with Crippen LogP contribution in [0.5, 0.6) is 0 Å². The van der Waals surface area contributed by atoms with Crippen molar-refractivity contribution >= 4 is 0 Å². The largest absolute Gasteiger partial charge is 0.325 e. The van der Waals surface area contributed by atoms with Crippen molar-refractivity contribution in [2.45, 2.75) is 32.2 Å². The highest BCUT2D eigenvalue weighted by Crippen LogP contribution is 2.07. The van der Waals surface area contributed by atoms with Gasteiger partial charge >= 0.3 is 0 Å². The molecule has 0 fully saturated rings. The van der Waals surface area contributed by atoms with Gasteiger partial charge in [0.2, 0.25) is 0 Å². The molecule has 2 nitrogen and oxygen atoms in total. The van der Waals surface area contributed by atoms with E-state index in [1.165, 1.54) is 0 Å². The highest BCUT2D eigenvalue weighted by atomic mass is 14.8. The standard InChI is InChI=1S/C7H18N2/c1-4-7(2,8)5-6-9-3/h9H,4-6,8H2,1-3H3. The first-order chi connectivity index (χ1) is 4.12. The summed E-state index contributed by atoms with van der Waals surface area (Å²) >= 11 is 0. The Morgan fingerprint density at radius 1 is 1.56 bits per heavy atom. The van der Waals surface area contributed by atoms with Gasteiger partial charge in [-0.25, -0.2) is 0 Å². The topological polar surface area (TPSA) is 38.0 Å². The van der Waals surface area contributed by atoms with E-state index in [0.29, 0.717) is 0 Å². The molecule has 0 saturated carbocycles. The monoisotopic (exact) mass is 130 g/mol. The summed E-state index contributed by atoms with van der Waals surface area (Å²) in [6.45, 7) is 5.22. The Bertz CT molecular complexity index is 69.3. The van der Waals surface area contributed by atoms with E-state index in [2.05, 4.69) is 19.2 Å². The summed E-state index contributed by atoms with van der Waals surface area (Å²) in [7, 11) is 1.95. The molecular weight excluding hydrogens is 112 g/mol. The molecule has 1 unspecified atom stereocenters. The van der Waals surface area contributed by atoms with Crippen LogP contribution in [-0.2, 0) is 0 Å². The molecule has 2 heteroatoms. The van der Waals surface area contributed by atoms with Crippen molar-refractivity contribution in [2.75, 3.05) is 13.6 Å². The van der Waals surface area contributed by atoms with E-state index < -0.39 is 0 Å². The Labute approximate surface area is 57.8 Å². The van der Waals surface area contributed by atoms with E-state index in [4.69, 9.17) is 5.73 Å². The third-order valence-electron chi connectivity index (χ3n) is 1.75. The minimum atomic E-state index is 0.0308. The lowest BCUT2D eigenvalue weighted by molar-refractivity contribution is 0.412. The van der Waals surface area contributed by atoms with Crippen molar-refractivity contribution in [3.8, 4) is 0 Å². The molecule has 9 heavy (non-hydrogen) atoms. The van der Waals surface area contributed by atoms with Gasteiger partial charge in [-0.05, 0) is 33.4 Å². The van der Waals surface area contributed by atoms with Gasteiger partial charge in [0.05, 0.1) is 0 Å². The Balaban J connectivity index is 3.33. The van der Waals surface area contributed by atoms with Gasteiger partial charge in [0, 0.05) is 5.54 Å². The molecule has 0 radical (unpaired) electrons. The van der Waals surface area contributed by atoms with Crippen LogP contribution in [0.4, 0.5) is 0 Å². The van der Waals surface area contributed by atoms with E-state index in [9.17, 15) is 0 Å². The molecule has 0 bridgehead atoms. The van der Waals surface area contributed by atoms with E-state index in [-0.39, 0.29) is 5.54 Å². The second-order valence-corrected chi connectivity index (χ2v) is 2.86. The summed E-state index contributed by atoms with van der Waals surface area (Å²) in [6, 6.07) is 0. The molecule has 3 N–H and O–H groups in total. The third-order valence-corrected chi connectivity index (χ3v) is 1.75. The molecule has 0 aliphatic heterocycles. The zero-order valence-corrected chi connectivity index (χ0v) is 6.70. The average Bonchev–Trinajstić information content (AvgIpc) is 1.84. The highest BCUT2D eigenvalue weighted by Gasteiger charge is 2.13. The fraction of sp³-hybridized carbons (Fsp3) is 1.00. The lowest BCUT2D eigenvalue weighted by Crippen LogP contribution is -2.37. The minimum Gasteiger partial charge on any atom is -0.325 e. The van der Waals surface area contributed by atoms with Crippen LogP contribution in [0.15, 0.2) is 0 Å². The van der Waals surface area contributed by atoms with Gasteiger partial charge in [0.1, 0.15) is 0 Å². The van der Waals surface area contributed by atoms with Gasteiger partial charge in [-0.15, -0.1) is 0 Å². The van der Waals surface area contributed by atoms with Crippen LogP contribution in [-0.4, -0.2) is 19.1 Å². The van der Waals surface area contributed by atoms with Crippen LogP contribution in [0.25, 0.3) is 0 Å². The van der Waals surface area contributed by atoms with Crippen molar-refractivity contribution in [2.24, 2.45) is 5.73 Å². The number of hydrogen-bond donors (Lipinski definition) is 2. The van der Waals surface area contributed by atoms with Crippen LogP contribution in [0.2, 0.25) is 0 Å². The molecule has 0 aliphatic rings. The molecule has 56 valence electrons. The molecule has 0 aromatic rings. The Kier molecular flexibility index (Phi) is 3.82. The summed E-state index contributed by atoms with van der Waals surface area (Å²) in [5, 5.41) is 3.08. The average molecular weight is 130 g/mol. The predicted octanol–water partition coefficient (Wildman–Crippen LogP) is 0.723. The second kappa shape index (κ2) is 3.85. The maximum atomic E-state index is 5.86. The second-order valence-electron chi connectivity index (χ2n) is 2.86. The van der Waals surface area contributed by atoms with Crippen LogP contribution < -0.4 is 11.1 Å². The third kappa shape index (κ3) is 4.43. The summed E-state index contributed by atoms with van der Waals surface area (Å²) < 4.78 is 0. The van der Waals surface area contributed by atoms with Crippen LogP contribution >= 0.6 is 0 Å². The van der Waals surface area contributed by atoms with E-state index in [1.54, 1.807) is 0 Å². The maximum absolute atomic E-state index is 5.86. The maximum Gasteiger partial charge on any atom is 0.0135 e. The van der Waals surface area contributed by atoms with Gasteiger partial charge in [-0.3, -0.25) is 0 Å². The first kappa shape index (κ1) is 8.92. The molecule has 0 aliphatic carbocycles. The summed E-state index contributed by atoms with van der Waals surface area (Å²) in [4.78, 5) is 0. The van der Waals surface area contributed by atoms with Crippen molar-refractivity contribution in [3.63, 3.8) is 0 Å². The molecule has 0 saturated heterocycles. The molecule has 0 aromatic carbocycles. The van der Waals surface area contributed by atoms with Crippen molar-refractivity contribution in [1.82, 2.24) is 5.32 Å². The molecule has 1 atom stereocenters. The van der Waals surface area contributed by atoms with Crippen LogP contribution in [0.1, 0.15) is 26.7 Å². The number of hydrogen-bond acceptors (Lipinski definition) is 2. The molecule has 0 aromatic heterocycles. The summed E-state index contributed by atoms with van der Waals surface area (Å²) in [5.41, 5.74) is 5.89. The molecule has 0 rings (SSSR count). The highest BCUT2D eigenvalue weighted by molar-refractivity contribution is 4.76. The fourth-order valence-corrected chi connectivity index (χ4v) is 0.587. The van der Waals surface area contributed by atoms with Crippen molar-refractivity contribution in [1.29, 1.82) is 0 Å². The summed E-state index contributed by atoms with van der Waals surface area (Å²) in [6.07, 6.45) is 2.11.